The van der Waals surface area contributed by atoms with Gasteiger partial charge in [-0.15, -0.1) is 11.8 Å². The topological polar surface area (TPSA) is 46.9 Å². The van der Waals surface area contributed by atoms with Crippen LogP contribution in [0.5, 0.6) is 0 Å². The predicted octanol–water partition coefficient (Wildman–Crippen LogP) is 4.46. The Morgan fingerprint density at radius 3 is 3.07 bits per heavy atom. The lowest BCUT2D eigenvalue weighted by Crippen LogP contribution is -2.31. The van der Waals surface area contributed by atoms with E-state index in [0.29, 0.717) is 10.8 Å². The van der Waals surface area contributed by atoms with Crippen LogP contribution in [0.3, 0.4) is 0 Å². The molecule has 0 saturated carbocycles. The first-order valence-corrected chi connectivity index (χ1v) is 10.6. The van der Waals surface area contributed by atoms with Crippen molar-refractivity contribution in [3.05, 3.63) is 72.3 Å². The van der Waals surface area contributed by atoms with Crippen molar-refractivity contribution >= 4 is 29.4 Å². The molecule has 27 heavy (non-hydrogen) atoms. The molecule has 0 fully saturated rings. The van der Waals surface area contributed by atoms with Crippen molar-refractivity contribution in [2.45, 2.75) is 22.5 Å². The molecule has 1 atom stereocenters. The molecule has 4 rings (SSSR count). The molecular formula is C20H18FN3OS2. The van der Waals surface area contributed by atoms with Gasteiger partial charge in [-0.25, -0.2) is 9.37 Å². The number of amides is 1. The normalized spacial score (nSPS) is 16.0. The predicted molar refractivity (Wildman–Crippen MR) is 107 cm³/mol. The van der Waals surface area contributed by atoms with Gasteiger partial charge in [0.05, 0.1) is 17.5 Å². The smallest absolute Gasteiger partial charge is 0.230 e. The molecule has 7 heteroatoms. The number of benzene rings is 2. The van der Waals surface area contributed by atoms with Crippen LogP contribution < -0.4 is 5.32 Å². The first-order chi connectivity index (χ1) is 13.2. The molecule has 0 radical (unpaired) electrons. The van der Waals surface area contributed by atoms with Crippen LogP contribution in [0.15, 0.2) is 71.0 Å². The lowest BCUT2D eigenvalue weighted by atomic mass is 10.0. The van der Waals surface area contributed by atoms with Crippen molar-refractivity contribution < 1.29 is 9.18 Å². The zero-order valence-electron chi connectivity index (χ0n) is 14.5. The fourth-order valence-corrected chi connectivity index (χ4v) is 4.99. The van der Waals surface area contributed by atoms with Gasteiger partial charge in [0.1, 0.15) is 5.82 Å². The number of nitrogens with zero attached hydrogens (tertiary/aromatic N) is 2. The van der Waals surface area contributed by atoms with E-state index in [2.05, 4.69) is 22.4 Å². The van der Waals surface area contributed by atoms with Crippen LogP contribution in [0.2, 0.25) is 0 Å². The largest absolute Gasteiger partial charge is 0.348 e. The first-order valence-electron chi connectivity index (χ1n) is 8.64. The van der Waals surface area contributed by atoms with Crippen LogP contribution >= 0.6 is 23.5 Å². The van der Waals surface area contributed by atoms with Crippen molar-refractivity contribution in [2.75, 3.05) is 11.5 Å². The Labute approximate surface area is 165 Å². The fraction of sp³-hybridized carbons (Fsp3) is 0.200. The van der Waals surface area contributed by atoms with E-state index < -0.39 is 0 Å². The summed E-state index contributed by atoms with van der Waals surface area (Å²) in [6.45, 7) is 0. The number of imidazole rings is 1. The number of carbonyl (C=O) groups excluding carboxylic acids is 1. The second kappa shape index (κ2) is 8.19. The van der Waals surface area contributed by atoms with Gasteiger partial charge in [-0.3, -0.25) is 9.36 Å². The van der Waals surface area contributed by atoms with E-state index in [0.717, 1.165) is 12.2 Å². The van der Waals surface area contributed by atoms with Gasteiger partial charge in [0, 0.05) is 23.0 Å². The highest BCUT2D eigenvalue weighted by molar-refractivity contribution is 7.99. The van der Waals surface area contributed by atoms with Crippen molar-refractivity contribution in [3.8, 4) is 5.69 Å². The average molecular weight is 400 g/mol. The number of halogens is 1. The minimum atomic E-state index is -0.302. The highest BCUT2D eigenvalue weighted by Crippen LogP contribution is 2.35. The van der Waals surface area contributed by atoms with E-state index in [4.69, 9.17) is 0 Å². The zero-order valence-corrected chi connectivity index (χ0v) is 16.1. The van der Waals surface area contributed by atoms with E-state index in [1.54, 1.807) is 23.0 Å². The molecule has 4 nitrogen and oxygen atoms in total. The number of rotatable bonds is 5. The van der Waals surface area contributed by atoms with Crippen LogP contribution in [-0.4, -0.2) is 27.0 Å². The van der Waals surface area contributed by atoms with E-state index in [1.165, 1.54) is 34.4 Å². The van der Waals surface area contributed by atoms with Gasteiger partial charge in [0.25, 0.3) is 0 Å². The van der Waals surface area contributed by atoms with Crippen molar-refractivity contribution in [1.29, 1.82) is 0 Å². The molecule has 1 aliphatic heterocycles. The third-order valence-electron chi connectivity index (χ3n) is 4.32. The maximum absolute atomic E-state index is 13.5. The van der Waals surface area contributed by atoms with Crippen molar-refractivity contribution in [1.82, 2.24) is 14.9 Å². The Balaban J connectivity index is 1.41. The molecule has 2 aromatic carbocycles. The Bertz CT molecular complexity index is 960. The molecule has 0 spiro atoms. The summed E-state index contributed by atoms with van der Waals surface area (Å²) in [5, 5.41) is 3.80. The number of thioether (sulfide) groups is 2. The van der Waals surface area contributed by atoms with E-state index in [-0.39, 0.29) is 23.5 Å². The summed E-state index contributed by atoms with van der Waals surface area (Å²) < 4.78 is 15.3. The number of hydrogen-bond acceptors (Lipinski definition) is 4. The minimum absolute atomic E-state index is 0.0273. The zero-order chi connectivity index (χ0) is 18.6. The first kappa shape index (κ1) is 18.1. The SMILES string of the molecule is O=C(CSc1nccn1-c1cccc(F)c1)N[C@H]1CCSc2ccccc21. The van der Waals surface area contributed by atoms with Gasteiger partial charge in [-0.2, -0.15) is 0 Å². The summed E-state index contributed by atoms with van der Waals surface area (Å²) in [4.78, 5) is 18.0. The second-order valence-electron chi connectivity index (χ2n) is 6.14. The van der Waals surface area contributed by atoms with Crippen LogP contribution in [0, 0.1) is 5.82 Å². The number of nitrogens with one attached hydrogen (secondary N) is 1. The van der Waals surface area contributed by atoms with Gasteiger partial charge < -0.3 is 5.32 Å². The van der Waals surface area contributed by atoms with E-state index in [9.17, 15) is 9.18 Å². The Morgan fingerprint density at radius 1 is 1.30 bits per heavy atom. The lowest BCUT2D eigenvalue weighted by Gasteiger charge is -2.25. The number of aromatic nitrogens is 2. The van der Waals surface area contributed by atoms with Crippen molar-refractivity contribution in [3.63, 3.8) is 0 Å². The average Bonchev–Trinajstić information content (AvgIpc) is 3.15. The van der Waals surface area contributed by atoms with E-state index in [1.807, 2.05) is 30.0 Å². The maximum atomic E-state index is 13.5. The Morgan fingerprint density at radius 2 is 2.19 bits per heavy atom. The van der Waals surface area contributed by atoms with Gasteiger partial charge in [-0.1, -0.05) is 36.0 Å². The Hall–Kier alpha value is -2.25. The summed E-state index contributed by atoms with van der Waals surface area (Å²) in [6, 6.07) is 14.6. The molecule has 0 saturated heterocycles. The van der Waals surface area contributed by atoms with Crippen LogP contribution in [0.25, 0.3) is 5.69 Å². The van der Waals surface area contributed by atoms with Gasteiger partial charge in [-0.05, 0) is 36.2 Å². The summed E-state index contributed by atoms with van der Waals surface area (Å²) in [5.41, 5.74) is 1.88. The molecule has 1 aliphatic rings. The molecule has 0 aliphatic carbocycles. The van der Waals surface area contributed by atoms with Gasteiger partial charge >= 0.3 is 0 Å². The fourth-order valence-electron chi connectivity index (χ4n) is 3.08. The molecule has 138 valence electrons. The summed E-state index contributed by atoms with van der Waals surface area (Å²) in [5.74, 6) is 0.932. The number of hydrogen-bond donors (Lipinski definition) is 1. The number of fused-ring (bicyclic) bond motifs is 1. The third-order valence-corrected chi connectivity index (χ3v) is 6.41. The molecule has 1 N–H and O–H groups in total. The third kappa shape index (κ3) is 4.20. The standard InChI is InChI=1S/C20H18FN3OS2/c21-14-4-3-5-15(12-14)24-10-9-22-20(24)27-13-19(25)23-17-8-11-26-18-7-2-1-6-16(17)18/h1-7,9-10,12,17H,8,11,13H2,(H,23,25)/t17-/m0/s1. The summed E-state index contributed by atoms with van der Waals surface area (Å²) >= 11 is 3.18. The second-order valence-corrected chi connectivity index (χ2v) is 8.22. The molecule has 3 aromatic rings. The molecule has 1 amide bonds. The quantitative estimate of drug-likeness (QED) is 0.644. The molecule has 2 heterocycles. The van der Waals surface area contributed by atoms with E-state index >= 15 is 0 Å². The Kier molecular flexibility index (Phi) is 5.50. The molecule has 0 unspecified atom stereocenters. The highest BCUT2D eigenvalue weighted by Gasteiger charge is 2.22. The molecule has 0 bridgehead atoms. The lowest BCUT2D eigenvalue weighted by molar-refractivity contribution is -0.119. The van der Waals surface area contributed by atoms with Crippen LogP contribution in [-0.2, 0) is 4.79 Å². The van der Waals surface area contributed by atoms with Crippen LogP contribution in [0.4, 0.5) is 4.39 Å². The van der Waals surface area contributed by atoms with Crippen LogP contribution in [0.1, 0.15) is 18.0 Å². The van der Waals surface area contributed by atoms with Gasteiger partial charge in [0.2, 0.25) is 5.91 Å². The summed E-state index contributed by atoms with van der Waals surface area (Å²) in [7, 11) is 0. The highest BCUT2D eigenvalue weighted by atomic mass is 32.2. The molecular weight excluding hydrogens is 381 g/mol. The minimum Gasteiger partial charge on any atom is -0.348 e. The molecule has 1 aromatic heterocycles. The number of carbonyl (C=O) groups is 1. The summed E-state index contributed by atoms with van der Waals surface area (Å²) in [6.07, 6.45) is 4.35. The monoisotopic (exact) mass is 399 g/mol. The van der Waals surface area contributed by atoms with Crippen molar-refractivity contribution in [2.24, 2.45) is 0 Å². The van der Waals surface area contributed by atoms with Gasteiger partial charge in [0.15, 0.2) is 5.16 Å². The maximum Gasteiger partial charge on any atom is 0.230 e.